The fourth-order valence-electron chi connectivity index (χ4n) is 2.89. The van der Waals surface area contributed by atoms with E-state index in [0.717, 1.165) is 39.9 Å². The molecule has 0 radical (unpaired) electrons. The first-order valence-corrected chi connectivity index (χ1v) is 9.94. The van der Waals surface area contributed by atoms with E-state index in [1.54, 1.807) is 7.11 Å². The minimum atomic E-state index is -0.211. The standard InChI is InChI=1S/C23H23BrFNO2/c1-27-22-12-11-21(24)20(23(22)28-16-18-5-3-2-4-6-18)15-26-14-13-17-7-9-19(25)10-8-17/h2-12,26H,13-16H2,1H3. The molecule has 3 aromatic rings. The van der Waals surface area contributed by atoms with E-state index in [-0.39, 0.29) is 5.82 Å². The normalized spacial score (nSPS) is 10.7. The Kier molecular flexibility index (Phi) is 7.46. The van der Waals surface area contributed by atoms with E-state index in [1.165, 1.54) is 12.1 Å². The zero-order valence-electron chi connectivity index (χ0n) is 15.8. The largest absolute Gasteiger partial charge is 0.493 e. The van der Waals surface area contributed by atoms with E-state index in [0.29, 0.717) is 18.9 Å². The Morgan fingerprint density at radius 1 is 0.929 bits per heavy atom. The first kappa shape index (κ1) is 20.4. The van der Waals surface area contributed by atoms with Crippen LogP contribution in [0.5, 0.6) is 11.5 Å². The van der Waals surface area contributed by atoms with E-state index >= 15 is 0 Å². The Labute approximate surface area is 173 Å². The van der Waals surface area contributed by atoms with E-state index < -0.39 is 0 Å². The second-order valence-electron chi connectivity index (χ2n) is 6.38. The van der Waals surface area contributed by atoms with Gasteiger partial charge >= 0.3 is 0 Å². The number of rotatable bonds is 9. The quantitative estimate of drug-likeness (QED) is 0.442. The molecule has 0 saturated heterocycles. The van der Waals surface area contributed by atoms with Gasteiger partial charge in [-0.15, -0.1) is 0 Å². The van der Waals surface area contributed by atoms with Gasteiger partial charge in [0.15, 0.2) is 11.5 Å². The summed E-state index contributed by atoms with van der Waals surface area (Å²) in [5, 5.41) is 3.44. The van der Waals surface area contributed by atoms with Gasteiger partial charge in [0, 0.05) is 16.6 Å². The summed E-state index contributed by atoms with van der Waals surface area (Å²) in [5.41, 5.74) is 3.20. The van der Waals surface area contributed by atoms with Gasteiger partial charge in [-0.2, -0.15) is 0 Å². The molecule has 3 rings (SSSR count). The highest BCUT2D eigenvalue weighted by molar-refractivity contribution is 9.10. The first-order chi connectivity index (χ1) is 13.7. The van der Waals surface area contributed by atoms with Crippen LogP contribution in [0.25, 0.3) is 0 Å². The maximum absolute atomic E-state index is 13.0. The van der Waals surface area contributed by atoms with Crippen LogP contribution in [-0.4, -0.2) is 13.7 Å². The highest BCUT2D eigenvalue weighted by Gasteiger charge is 2.14. The maximum Gasteiger partial charge on any atom is 0.167 e. The van der Waals surface area contributed by atoms with Crippen molar-refractivity contribution in [3.63, 3.8) is 0 Å². The van der Waals surface area contributed by atoms with Gasteiger partial charge in [-0.05, 0) is 48.4 Å². The number of nitrogens with one attached hydrogen (secondary N) is 1. The molecule has 0 amide bonds. The fraction of sp³-hybridized carbons (Fsp3) is 0.217. The summed E-state index contributed by atoms with van der Waals surface area (Å²) >= 11 is 3.62. The van der Waals surface area contributed by atoms with Crippen LogP contribution < -0.4 is 14.8 Å². The number of ether oxygens (including phenoxy) is 2. The number of halogens is 2. The van der Waals surface area contributed by atoms with Gasteiger partial charge in [0.25, 0.3) is 0 Å². The Morgan fingerprint density at radius 2 is 1.68 bits per heavy atom. The summed E-state index contributed by atoms with van der Waals surface area (Å²) in [4.78, 5) is 0. The van der Waals surface area contributed by atoms with Crippen LogP contribution in [0.3, 0.4) is 0 Å². The van der Waals surface area contributed by atoms with Crippen molar-refractivity contribution in [3.05, 3.63) is 93.7 Å². The van der Waals surface area contributed by atoms with Crippen molar-refractivity contribution in [2.24, 2.45) is 0 Å². The highest BCUT2D eigenvalue weighted by Crippen LogP contribution is 2.36. The third-order valence-electron chi connectivity index (χ3n) is 4.42. The third kappa shape index (κ3) is 5.57. The number of hydrogen-bond donors (Lipinski definition) is 1. The third-order valence-corrected chi connectivity index (χ3v) is 5.16. The lowest BCUT2D eigenvalue weighted by molar-refractivity contribution is 0.280. The summed E-state index contributed by atoms with van der Waals surface area (Å²) in [6.45, 7) is 1.87. The Balaban J connectivity index is 1.65. The molecule has 146 valence electrons. The average molecular weight is 444 g/mol. The summed E-state index contributed by atoms with van der Waals surface area (Å²) in [7, 11) is 1.64. The molecule has 3 nitrogen and oxygen atoms in total. The van der Waals surface area contributed by atoms with Crippen LogP contribution in [0.4, 0.5) is 4.39 Å². The van der Waals surface area contributed by atoms with Crippen LogP contribution in [0, 0.1) is 5.82 Å². The van der Waals surface area contributed by atoms with E-state index in [1.807, 2.05) is 54.6 Å². The highest BCUT2D eigenvalue weighted by atomic mass is 79.9. The summed E-state index contributed by atoms with van der Waals surface area (Å²) < 4.78 is 25.6. The van der Waals surface area contributed by atoms with Gasteiger partial charge in [-0.25, -0.2) is 4.39 Å². The zero-order valence-corrected chi connectivity index (χ0v) is 17.3. The van der Waals surface area contributed by atoms with Crippen molar-refractivity contribution >= 4 is 15.9 Å². The molecule has 1 N–H and O–H groups in total. The predicted octanol–water partition coefficient (Wildman–Crippen LogP) is 5.51. The fourth-order valence-corrected chi connectivity index (χ4v) is 3.35. The van der Waals surface area contributed by atoms with Crippen LogP contribution in [0.2, 0.25) is 0 Å². The average Bonchev–Trinajstić information content (AvgIpc) is 2.73. The molecule has 0 atom stereocenters. The van der Waals surface area contributed by atoms with E-state index in [2.05, 4.69) is 21.2 Å². The molecule has 0 aromatic heterocycles. The lowest BCUT2D eigenvalue weighted by atomic mass is 10.1. The molecule has 0 bridgehead atoms. The SMILES string of the molecule is COc1ccc(Br)c(CNCCc2ccc(F)cc2)c1OCc1ccccc1. The van der Waals surface area contributed by atoms with Gasteiger partial charge < -0.3 is 14.8 Å². The molecule has 0 aliphatic rings. The molecule has 0 heterocycles. The van der Waals surface area contributed by atoms with Crippen LogP contribution in [-0.2, 0) is 19.6 Å². The molecule has 5 heteroatoms. The Hall–Kier alpha value is -2.37. The second kappa shape index (κ2) is 10.2. The number of benzene rings is 3. The summed E-state index contributed by atoms with van der Waals surface area (Å²) in [6.07, 6.45) is 0.822. The van der Waals surface area contributed by atoms with Gasteiger partial charge in [-0.3, -0.25) is 0 Å². The van der Waals surface area contributed by atoms with Crippen LogP contribution in [0.15, 0.2) is 71.2 Å². The monoisotopic (exact) mass is 443 g/mol. The molecule has 0 saturated carbocycles. The predicted molar refractivity (Wildman–Crippen MR) is 113 cm³/mol. The van der Waals surface area contributed by atoms with Crippen molar-refractivity contribution in [1.82, 2.24) is 5.32 Å². The molecule has 0 aliphatic carbocycles. The molecule has 28 heavy (non-hydrogen) atoms. The molecule has 0 spiro atoms. The van der Waals surface area contributed by atoms with Crippen LogP contribution in [0.1, 0.15) is 16.7 Å². The van der Waals surface area contributed by atoms with Gasteiger partial charge in [-0.1, -0.05) is 58.4 Å². The number of hydrogen-bond acceptors (Lipinski definition) is 3. The topological polar surface area (TPSA) is 30.5 Å². The summed E-state index contributed by atoms with van der Waals surface area (Å²) in [5.74, 6) is 1.22. The second-order valence-corrected chi connectivity index (χ2v) is 7.24. The van der Waals surface area contributed by atoms with E-state index in [9.17, 15) is 4.39 Å². The van der Waals surface area contributed by atoms with Crippen LogP contribution >= 0.6 is 15.9 Å². The van der Waals surface area contributed by atoms with Gasteiger partial charge in [0.1, 0.15) is 12.4 Å². The Bertz CT molecular complexity index is 885. The minimum Gasteiger partial charge on any atom is -0.493 e. The van der Waals surface area contributed by atoms with Gasteiger partial charge in [0.05, 0.1) is 7.11 Å². The summed E-state index contributed by atoms with van der Waals surface area (Å²) in [6, 6.07) is 20.5. The van der Waals surface area contributed by atoms with Crippen molar-refractivity contribution in [2.75, 3.05) is 13.7 Å². The van der Waals surface area contributed by atoms with E-state index in [4.69, 9.17) is 9.47 Å². The Morgan fingerprint density at radius 3 is 2.39 bits per heavy atom. The van der Waals surface area contributed by atoms with Crippen molar-refractivity contribution in [2.45, 2.75) is 19.6 Å². The minimum absolute atomic E-state index is 0.211. The van der Waals surface area contributed by atoms with Crippen molar-refractivity contribution < 1.29 is 13.9 Å². The maximum atomic E-state index is 13.0. The molecular weight excluding hydrogens is 421 g/mol. The molecule has 0 fully saturated rings. The van der Waals surface area contributed by atoms with Gasteiger partial charge in [0.2, 0.25) is 0 Å². The molecule has 0 aliphatic heterocycles. The number of methoxy groups -OCH3 is 1. The smallest absolute Gasteiger partial charge is 0.167 e. The van der Waals surface area contributed by atoms with Crippen molar-refractivity contribution in [1.29, 1.82) is 0 Å². The van der Waals surface area contributed by atoms with Crippen molar-refractivity contribution in [3.8, 4) is 11.5 Å². The lowest BCUT2D eigenvalue weighted by Gasteiger charge is -2.17. The lowest BCUT2D eigenvalue weighted by Crippen LogP contribution is -2.18. The molecule has 3 aromatic carbocycles. The molecule has 0 unspecified atom stereocenters. The zero-order chi connectivity index (χ0) is 19.8. The first-order valence-electron chi connectivity index (χ1n) is 9.14. The molecular formula is C23H23BrFNO2.